The lowest BCUT2D eigenvalue weighted by molar-refractivity contribution is -0.141. The van der Waals surface area contributed by atoms with Crippen molar-refractivity contribution >= 4 is 23.6 Å². The zero-order valence-electron chi connectivity index (χ0n) is 19.5. The van der Waals surface area contributed by atoms with Crippen LogP contribution in [0.5, 0.6) is 0 Å². The van der Waals surface area contributed by atoms with E-state index in [0.717, 1.165) is 22.6 Å². The summed E-state index contributed by atoms with van der Waals surface area (Å²) < 4.78 is 0. The topological polar surface area (TPSA) is 49.4 Å². The fourth-order valence-electron chi connectivity index (χ4n) is 3.41. The van der Waals surface area contributed by atoms with Crippen molar-refractivity contribution in [3.8, 4) is 0 Å². The van der Waals surface area contributed by atoms with E-state index < -0.39 is 6.04 Å². The molecule has 4 nitrogen and oxygen atoms in total. The molecule has 0 heterocycles. The lowest BCUT2D eigenvalue weighted by atomic mass is 10.0. The van der Waals surface area contributed by atoms with E-state index in [2.05, 4.69) is 17.4 Å². The average Bonchev–Trinajstić information content (AvgIpc) is 2.71. The SMILES string of the molecule is CC[C@@H](C(=O)NC(C)(C)C)N(Cc1ccccc1C)C(=O)CCSCc1ccccc1. The van der Waals surface area contributed by atoms with Gasteiger partial charge in [0.05, 0.1) is 0 Å². The molecule has 0 saturated carbocycles. The molecule has 0 fully saturated rings. The molecule has 0 aliphatic heterocycles. The van der Waals surface area contributed by atoms with Gasteiger partial charge in [0.25, 0.3) is 0 Å². The van der Waals surface area contributed by atoms with Crippen molar-refractivity contribution in [2.75, 3.05) is 5.75 Å². The van der Waals surface area contributed by atoms with Gasteiger partial charge in [-0.3, -0.25) is 9.59 Å². The molecule has 0 radical (unpaired) electrons. The number of aryl methyl sites for hydroxylation is 1. The van der Waals surface area contributed by atoms with Gasteiger partial charge in [-0.15, -0.1) is 0 Å². The third kappa shape index (κ3) is 8.41. The van der Waals surface area contributed by atoms with Crippen LogP contribution in [0.4, 0.5) is 0 Å². The second-order valence-electron chi connectivity index (χ2n) is 8.90. The zero-order chi connectivity index (χ0) is 22.9. The smallest absolute Gasteiger partial charge is 0.243 e. The van der Waals surface area contributed by atoms with Crippen LogP contribution in [0.25, 0.3) is 0 Å². The van der Waals surface area contributed by atoms with Gasteiger partial charge in [0.15, 0.2) is 0 Å². The van der Waals surface area contributed by atoms with E-state index in [-0.39, 0.29) is 17.4 Å². The lowest BCUT2D eigenvalue weighted by Gasteiger charge is -2.33. The first-order chi connectivity index (χ1) is 14.7. The van der Waals surface area contributed by atoms with Crippen LogP contribution in [0.1, 0.15) is 57.2 Å². The highest BCUT2D eigenvalue weighted by Gasteiger charge is 2.30. The number of amides is 2. The van der Waals surface area contributed by atoms with E-state index in [4.69, 9.17) is 0 Å². The van der Waals surface area contributed by atoms with Gasteiger partial charge in [-0.25, -0.2) is 0 Å². The number of benzene rings is 2. The van der Waals surface area contributed by atoms with Gasteiger partial charge in [-0.1, -0.05) is 61.5 Å². The maximum Gasteiger partial charge on any atom is 0.243 e. The van der Waals surface area contributed by atoms with Crippen LogP contribution >= 0.6 is 11.8 Å². The highest BCUT2D eigenvalue weighted by Crippen LogP contribution is 2.19. The molecule has 2 amide bonds. The molecule has 2 aromatic carbocycles. The molecule has 0 saturated heterocycles. The van der Waals surface area contributed by atoms with Crippen molar-refractivity contribution in [1.82, 2.24) is 10.2 Å². The monoisotopic (exact) mass is 440 g/mol. The molecular formula is C26H36N2O2S. The molecule has 0 unspecified atom stereocenters. The van der Waals surface area contributed by atoms with E-state index in [1.807, 2.05) is 77.1 Å². The Bertz CT molecular complexity index is 846. The fourth-order valence-corrected chi connectivity index (χ4v) is 4.30. The standard InChI is InChI=1S/C26H36N2O2S/c1-6-23(25(30)27-26(3,4)5)28(18-22-15-11-10-12-20(22)2)24(29)16-17-31-19-21-13-8-7-9-14-21/h7-15,23H,6,16-19H2,1-5H3,(H,27,30)/t23-/m0/s1. The molecule has 2 aromatic rings. The van der Waals surface area contributed by atoms with E-state index in [1.165, 1.54) is 5.56 Å². The van der Waals surface area contributed by atoms with Gasteiger partial charge < -0.3 is 10.2 Å². The van der Waals surface area contributed by atoms with Crippen molar-refractivity contribution in [1.29, 1.82) is 0 Å². The molecule has 0 aromatic heterocycles. The number of hydrogen-bond acceptors (Lipinski definition) is 3. The highest BCUT2D eigenvalue weighted by atomic mass is 32.2. The Morgan fingerprint density at radius 3 is 2.29 bits per heavy atom. The quantitative estimate of drug-likeness (QED) is 0.507. The van der Waals surface area contributed by atoms with Crippen LogP contribution in [-0.2, 0) is 21.9 Å². The number of thioether (sulfide) groups is 1. The molecule has 0 aliphatic rings. The largest absolute Gasteiger partial charge is 0.350 e. The summed E-state index contributed by atoms with van der Waals surface area (Å²) in [5, 5.41) is 3.06. The molecule has 1 atom stereocenters. The number of nitrogens with zero attached hydrogens (tertiary/aromatic N) is 1. The summed E-state index contributed by atoms with van der Waals surface area (Å²) in [6, 6.07) is 17.9. The maximum atomic E-state index is 13.3. The number of rotatable bonds is 10. The van der Waals surface area contributed by atoms with Crippen molar-refractivity contribution < 1.29 is 9.59 Å². The first-order valence-corrected chi connectivity index (χ1v) is 12.1. The van der Waals surface area contributed by atoms with Gasteiger partial charge in [0.1, 0.15) is 6.04 Å². The predicted octanol–water partition coefficient (Wildman–Crippen LogP) is 5.34. The molecule has 168 valence electrons. The minimum Gasteiger partial charge on any atom is -0.350 e. The molecule has 0 aliphatic carbocycles. The van der Waals surface area contributed by atoms with Crippen LogP contribution < -0.4 is 5.32 Å². The molecule has 1 N–H and O–H groups in total. The Balaban J connectivity index is 2.10. The van der Waals surface area contributed by atoms with Crippen LogP contribution in [-0.4, -0.2) is 34.0 Å². The second-order valence-corrected chi connectivity index (χ2v) is 10.0. The van der Waals surface area contributed by atoms with Crippen molar-refractivity contribution in [3.63, 3.8) is 0 Å². The maximum absolute atomic E-state index is 13.3. The molecule has 2 rings (SSSR count). The lowest BCUT2D eigenvalue weighted by Crippen LogP contribution is -2.53. The van der Waals surface area contributed by atoms with Crippen molar-refractivity contribution in [3.05, 3.63) is 71.3 Å². The Morgan fingerprint density at radius 1 is 1.03 bits per heavy atom. The highest BCUT2D eigenvalue weighted by molar-refractivity contribution is 7.98. The van der Waals surface area contributed by atoms with E-state index >= 15 is 0 Å². The number of hydrogen-bond donors (Lipinski definition) is 1. The Hall–Kier alpha value is -2.27. The minimum absolute atomic E-state index is 0.0275. The normalized spacial score (nSPS) is 12.3. The molecule has 5 heteroatoms. The first kappa shape index (κ1) is 25.0. The van der Waals surface area contributed by atoms with Gasteiger partial charge in [-0.05, 0) is 50.8 Å². The Labute approximate surface area is 191 Å². The second kappa shape index (κ2) is 11.9. The molecule has 31 heavy (non-hydrogen) atoms. The molecular weight excluding hydrogens is 404 g/mol. The Kier molecular flexibility index (Phi) is 9.63. The first-order valence-electron chi connectivity index (χ1n) is 11.0. The summed E-state index contributed by atoms with van der Waals surface area (Å²) in [6.07, 6.45) is 0.999. The third-order valence-electron chi connectivity index (χ3n) is 5.06. The van der Waals surface area contributed by atoms with Crippen molar-refractivity contribution in [2.45, 2.75) is 71.3 Å². The van der Waals surface area contributed by atoms with Crippen LogP contribution in [0.2, 0.25) is 0 Å². The molecule has 0 bridgehead atoms. The summed E-state index contributed by atoms with van der Waals surface area (Å²) >= 11 is 1.75. The number of carbonyl (C=O) groups is 2. The summed E-state index contributed by atoms with van der Waals surface area (Å²) in [5.74, 6) is 1.55. The van der Waals surface area contributed by atoms with Crippen LogP contribution in [0.3, 0.4) is 0 Å². The fraction of sp³-hybridized carbons (Fsp3) is 0.462. The van der Waals surface area contributed by atoms with E-state index in [9.17, 15) is 9.59 Å². The zero-order valence-corrected chi connectivity index (χ0v) is 20.3. The van der Waals surface area contributed by atoms with Gasteiger partial charge in [0.2, 0.25) is 11.8 Å². The number of nitrogens with one attached hydrogen (secondary N) is 1. The van der Waals surface area contributed by atoms with Crippen molar-refractivity contribution in [2.24, 2.45) is 0 Å². The summed E-state index contributed by atoms with van der Waals surface area (Å²) in [7, 11) is 0. The summed E-state index contributed by atoms with van der Waals surface area (Å²) in [6.45, 7) is 10.4. The van der Waals surface area contributed by atoms with Gasteiger partial charge in [0, 0.05) is 30.0 Å². The Morgan fingerprint density at radius 2 is 1.68 bits per heavy atom. The summed E-state index contributed by atoms with van der Waals surface area (Å²) in [5.41, 5.74) is 3.13. The van der Waals surface area contributed by atoms with Gasteiger partial charge in [-0.2, -0.15) is 11.8 Å². The van der Waals surface area contributed by atoms with Crippen LogP contribution in [0, 0.1) is 6.92 Å². The van der Waals surface area contributed by atoms with E-state index in [0.29, 0.717) is 19.4 Å². The van der Waals surface area contributed by atoms with E-state index in [1.54, 1.807) is 16.7 Å². The third-order valence-corrected chi connectivity index (χ3v) is 6.09. The average molecular weight is 441 g/mol. The number of carbonyl (C=O) groups excluding carboxylic acids is 2. The van der Waals surface area contributed by atoms with Gasteiger partial charge >= 0.3 is 0 Å². The van der Waals surface area contributed by atoms with Crippen LogP contribution in [0.15, 0.2) is 54.6 Å². The molecule has 0 spiro atoms. The minimum atomic E-state index is -0.481. The predicted molar refractivity (Wildman–Crippen MR) is 131 cm³/mol. The summed E-state index contributed by atoms with van der Waals surface area (Å²) in [4.78, 5) is 28.1.